The van der Waals surface area contributed by atoms with Gasteiger partial charge in [0.1, 0.15) is 6.61 Å². The number of hydrogen-bond acceptors (Lipinski definition) is 4. The van der Waals surface area contributed by atoms with Crippen LogP contribution in [0.3, 0.4) is 0 Å². The fourth-order valence-corrected chi connectivity index (χ4v) is 2.08. The molecule has 0 radical (unpaired) electrons. The Morgan fingerprint density at radius 3 is 3.00 bits per heavy atom. The van der Waals surface area contributed by atoms with E-state index in [1.807, 2.05) is 6.92 Å². The van der Waals surface area contributed by atoms with Gasteiger partial charge in [-0.15, -0.1) is 0 Å². The summed E-state index contributed by atoms with van der Waals surface area (Å²) in [6.07, 6.45) is -0.433. The number of phenols is 1. The first-order chi connectivity index (χ1) is 8.11. The van der Waals surface area contributed by atoms with Gasteiger partial charge in [0.05, 0.1) is 17.1 Å². The molecule has 92 valence electrons. The lowest BCUT2D eigenvalue weighted by Gasteiger charge is -2.13. The fourth-order valence-electron chi connectivity index (χ4n) is 1.62. The number of ether oxygens (including phenoxy) is 2. The molecule has 5 nitrogen and oxygen atoms in total. The topological polar surface area (TPSA) is 67.8 Å². The molecule has 1 heterocycles. The Morgan fingerprint density at radius 1 is 1.65 bits per heavy atom. The lowest BCUT2D eigenvalue weighted by atomic mass is 10.1. The summed E-state index contributed by atoms with van der Waals surface area (Å²) in [5.74, 6) is 0.443. The number of rotatable bonds is 3. The van der Waals surface area contributed by atoms with Gasteiger partial charge in [0.25, 0.3) is 0 Å². The highest BCUT2D eigenvalue weighted by Gasteiger charge is 2.25. The van der Waals surface area contributed by atoms with E-state index in [0.29, 0.717) is 16.8 Å². The summed E-state index contributed by atoms with van der Waals surface area (Å²) >= 11 is 3.25. The maximum Gasteiger partial charge on any atom is 0.407 e. The highest BCUT2D eigenvalue weighted by atomic mass is 79.9. The molecule has 1 aromatic carbocycles. The summed E-state index contributed by atoms with van der Waals surface area (Å²) in [6.45, 7) is 2.57. The maximum absolute atomic E-state index is 11.0. The Kier molecular flexibility index (Phi) is 3.42. The Hall–Kier alpha value is -1.43. The zero-order valence-electron chi connectivity index (χ0n) is 9.20. The minimum absolute atomic E-state index is 0.0563. The Bertz CT molecular complexity index is 449. The summed E-state index contributed by atoms with van der Waals surface area (Å²) in [5, 5.41) is 12.4. The van der Waals surface area contributed by atoms with Gasteiger partial charge in [0.2, 0.25) is 0 Å². The average molecular weight is 302 g/mol. The lowest BCUT2D eigenvalue weighted by molar-refractivity contribution is 0.177. The Balaban J connectivity index is 2.31. The van der Waals surface area contributed by atoms with Gasteiger partial charge in [-0.3, -0.25) is 0 Å². The van der Waals surface area contributed by atoms with E-state index in [0.717, 1.165) is 5.56 Å². The van der Waals surface area contributed by atoms with Crippen molar-refractivity contribution in [1.29, 1.82) is 0 Å². The zero-order valence-corrected chi connectivity index (χ0v) is 10.8. The number of hydrogen-bond donors (Lipinski definition) is 2. The predicted octanol–water partition coefficient (Wildman–Crippen LogP) is 2.33. The maximum atomic E-state index is 11.0. The molecule has 2 rings (SSSR count). The van der Waals surface area contributed by atoms with Crippen LogP contribution in [-0.2, 0) is 4.74 Å². The number of nitrogens with one attached hydrogen (secondary N) is 1. The molecule has 0 spiro atoms. The van der Waals surface area contributed by atoms with E-state index in [4.69, 9.17) is 9.47 Å². The van der Waals surface area contributed by atoms with Crippen LogP contribution in [0.4, 0.5) is 4.79 Å². The van der Waals surface area contributed by atoms with Gasteiger partial charge < -0.3 is 19.9 Å². The molecular weight excluding hydrogens is 290 g/mol. The third kappa shape index (κ3) is 2.46. The number of carbonyl (C=O) groups excluding carboxylic acids is 1. The van der Waals surface area contributed by atoms with Crippen LogP contribution in [0.25, 0.3) is 0 Å². The van der Waals surface area contributed by atoms with Crippen molar-refractivity contribution in [2.45, 2.75) is 13.0 Å². The van der Waals surface area contributed by atoms with Gasteiger partial charge in [-0.1, -0.05) is 0 Å². The largest absolute Gasteiger partial charge is 0.503 e. The van der Waals surface area contributed by atoms with Crippen molar-refractivity contribution >= 4 is 22.0 Å². The SMILES string of the molecule is CCOc1cc([C@@H]2COC(=O)N2)cc(Br)c1O. The van der Waals surface area contributed by atoms with Crippen molar-refractivity contribution in [3.05, 3.63) is 22.2 Å². The second-order valence-corrected chi connectivity index (χ2v) is 4.43. The van der Waals surface area contributed by atoms with Gasteiger partial charge in [-0.05, 0) is 40.5 Å². The standard InChI is InChI=1S/C11H12BrNO4/c1-2-16-9-4-6(3-7(12)10(9)14)8-5-17-11(15)13-8/h3-4,8,14H,2,5H2,1H3,(H,13,15)/t8-/m0/s1. The van der Waals surface area contributed by atoms with Crippen molar-refractivity contribution in [3.8, 4) is 11.5 Å². The Labute approximate surface area is 107 Å². The van der Waals surface area contributed by atoms with Gasteiger partial charge in [0.15, 0.2) is 11.5 Å². The molecule has 1 fully saturated rings. The third-order valence-corrected chi connectivity index (χ3v) is 3.03. The highest BCUT2D eigenvalue weighted by Crippen LogP contribution is 2.37. The second kappa shape index (κ2) is 4.83. The van der Waals surface area contributed by atoms with Crippen LogP contribution < -0.4 is 10.1 Å². The van der Waals surface area contributed by atoms with Gasteiger partial charge in [-0.25, -0.2) is 4.79 Å². The van der Waals surface area contributed by atoms with E-state index < -0.39 is 6.09 Å². The minimum atomic E-state index is -0.433. The molecule has 1 atom stereocenters. The molecule has 1 aromatic rings. The van der Waals surface area contributed by atoms with Crippen LogP contribution in [0.1, 0.15) is 18.5 Å². The lowest BCUT2D eigenvalue weighted by Crippen LogP contribution is -2.18. The van der Waals surface area contributed by atoms with Crippen molar-refractivity contribution < 1.29 is 19.4 Å². The summed E-state index contributed by atoms with van der Waals surface area (Å²) in [5.41, 5.74) is 0.823. The van der Waals surface area contributed by atoms with E-state index in [1.54, 1.807) is 12.1 Å². The van der Waals surface area contributed by atoms with Gasteiger partial charge >= 0.3 is 6.09 Å². The van der Waals surface area contributed by atoms with E-state index in [9.17, 15) is 9.90 Å². The van der Waals surface area contributed by atoms with E-state index >= 15 is 0 Å². The normalized spacial score (nSPS) is 18.7. The van der Waals surface area contributed by atoms with Crippen LogP contribution in [-0.4, -0.2) is 24.4 Å². The molecule has 6 heteroatoms. The zero-order chi connectivity index (χ0) is 12.4. The molecule has 0 bridgehead atoms. The summed E-state index contributed by atoms with van der Waals surface area (Å²) in [4.78, 5) is 11.0. The molecule has 0 aliphatic carbocycles. The van der Waals surface area contributed by atoms with Gasteiger partial charge in [-0.2, -0.15) is 0 Å². The number of carbonyl (C=O) groups is 1. The number of halogens is 1. The number of benzene rings is 1. The molecule has 17 heavy (non-hydrogen) atoms. The highest BCUT2D eigenvalue weighted by molar-refractivity contribution is 9.10. The number of aromatic hydroxyl groups is 1. The van der Waals surface area contributed by atoms with Crippen LogP contribution in [0.15, 0.2) is 16.6 Å². The monoisotopic (exact) mass is 301 g/mol. The van der Waals surface area contributed by atoms with Gasteiger partial charge in [0, 0.05) is 0 Å². The molecule has 1 aliphatic rings. The number of phenolic OH excluding ortho intramolecular Hbond substituents is 1. The molecule has 1 aliphatic heterocycles. The van der Waals surface area contributed by atoms with Crippen LogP contribution in [0.2, 0.25) is 0 Å². The van der Waals surface area contributed by atoms with Crippen molar-refractivity contribution in [2.75, 3.05) is 13.2 Å². The summed E-state index contributed by atoms with van der Waals surface area (Å²) < 4.78 is 10.7. The molecule has 2 N–H and O–H groups in total. The molecule has 1 amide bonds. The van der Waals surface area contributed by atoms with Crippen LogP contribution >= 0.6 is 15.9 Å². The quantitative estimate of drug-likeness (QED) is 0.899. The second-order valence-electron chi connectivity index (χ2n) is 3.58. The third-order valence-electron chi connectivity index (χ3n) is 2.43. The van der Waals surface area contributed by atoms with Crippen LogP contribution in [0.5, 0.6) is 11.5 Å². The van der Waals surface area contributed by atoms with Crippen molar-refractivity contribution in [3.63, 3.8) is 0 Å². The first-order valence-electron chi connectivity index (χ1n) is 5.20. The first-order valence-corrected chi connectivity index (χ1v) is 5.99. The molecule has 0 saturated carbocycles. The van der Waals surface area contributed by atoms with Crippen molar-refractivity contribution in [1.82, 2.24) is 5.32 Å². The minimum Gasteiger partial charge on any atom is -0.503 e. The molecule has 0 aromatic heterocycles. The first kappa shape index (κ1) is 12.0. The average Bonchev–Trinajstić information content (AvgIpc) is 2.71. The number of alkyl carbamates (subject to hydrolysis) is 1. The number of amides is 1. The summed E-state index contributed by atoms with van der Waals surface area (Å²) in [6, 6.07) is 3.22. The van der Waals surface area contributed by atoms with E-state index in [-0.39, 0.29) is 18.4 Å². The fraction of sp³-hybridized carbons (Fsp3) is 0.364. The van der Waals surface area contributed by atoms with Crippen LogP contribution in [0, 0.1) is 0 Å². The summed E-state index contributed by atoms with van der Waals surface area (Å²) in [7, 11) is 0. The smallest absolute Gasteiger partial charge is 0.407 e. The van der Waals surface area contributed by atoms with E-state index in [1.165, 1.54) is 0 Å². The van der Waals surface area contributed by atoms with E-state index in [2.05, 4.69) is 21.2 Å². The molecule has 0 unspecified atom stereocenters. The molecular formula is C11H12BrNO4. The van der Waals surface area contributed by atoms with Crippen molar-refractivity contribution in [2.24, 2.45) is 0 Å². The number of cyclic esters (lactones) is 1. The molecule has 1 saturated heterocycles. The predicted molar refractivity (Wildman–Crippen MR) is 64.2 cm³/mol. The Morgan fingerprint density at radius 2 is 2.41 bits per heavy atom.